The number of carbonyl (C=O) groups is 2. The fourth-order valence-electron chi connectivity index (χ4n) is 2.10. The van der Waals surface area contributed by atoms with E-state index in [1.165, 1.54) is 23.7 Å². The first kappa shape index (κ1) is 15.4. The largest absolute Gasteiger partial charge is 0.543 e. The molecular formula is C15H9ClN3O3S-. The predicted octanol–water partition coefficient (Wildman–Crippen LogP) is 1.64. The lowest BCUT2D eigenvalue weighted by Gasteiger charge is -2.08. The summed E-state index contributed by atoms with van der Waals surface area (Å²) in [6, 6.07) is 5.53. The van der Waals surface area contributed by atoms with E-state index in [0.29, 0.717) is 5.02 Å². The zero-order valence-electron chi connectivity index (χ0n) is 11.6. The van der Waals surface area contributed by atoms with Crippen molar-refractivity contribution in [1.29, 1.82) is 0 Å². The fourth-order valence-corrected chi connectivity index (χ4v) is 3.22. The normalized spacial score (nSPS) is 10.7. The van der Waals surface area contributed by atoms with E-state index in [0.717, 1.165) is 15.6 Å². The lowest BCUT2D eigenvalue weighted by Crippen LogP contribution is -2.31. The molecule has 3 rings (SSSR count). The number of amides is 1. The molecule has 0 unspecified atom stereocenters. The number of benzene rings is 1. The van der Waals surface area contributed by atoms with E-state index >= 15 is 0 Å². The third-order valence-corrected chi connectivity index (χ3v) is 4.41. The molecule has 0 atom stereocenters. The van der Waals surface area contributed by atoms with Crippen molar-refractivity contribution in [3.05, 3.63) is 57.9 Å². The Kier molecular flexibility index (Phi) is 4.22. The minimum absolute atomic E-state index is 0.224. The monoisotopic (exact) mass is 346 g/mol. The van der Waals surface area contributed by atoms with Crippen molar-refractivity contribution in [3.8, 4) is 0 Å². The van der Waals surface area contributed by atoms with Crippen LogP contribution in [0.1, 0.15) is 26.5 Å². The summed E-state index contributed by atoms with van der Waals surface area (Å²) >= 11 is 7.52. The average molecular weight is 347 g/mol. The Morgan fingerprint density at radius 1 is 1.22 bits per heavy atom. The number of thiophene rings is 1. The van der Waals surface area contributed by atoms with Gasteiger partial charge in [0.05, 0.1) is 5.97 Å². The van der Waals surface area contributed by atoms with Gasteiger partial charge in [0, 0.05) is 28.7 Å². The maximum atomic E-state index is 12.1. The van der Waals surface area contributed by atoms with E-state index in [4.69, 9.17) is 11.6 Å². The van der Waals surface area contributed by atoms with E-state index in [1.807, 2.05) is 17.5 Å². The van der Waals surface area contributed by atoms with Gasteiger partial charge in [-0.2, -0.15) is 0 Å². The second-order valence-electron chi connectivity index (χ2n) is 4.63. The minimum atomic E-state index is -1.55. The number of rotatable bonds is 4. The Balaban J connectivity index is 1.81. The first-order valence-corrected chi connectivity index (χ1v) is 7.78. The standard InChI is InChI=1S/C15H10ClN3O3S/c16-9-1-2-11-10(5-9)8(7-23-11)6-19-14(20)12-13(15(21)22)18-4-3-17-12/h1-5,7H,6H2,(H,19,20)(H,21,22)/p-1. The average Bonchev–Trinajstić information content (AvgIpc) is 2.94. The van der Waals surface area contributed by atoms with Gasteiger partial charge in [0.2, 0.25) is 0 Å². The first-order valence-electron chi connectivity index (χ1n) is 6.52. The van der Waals surface area contributed by atoms with Crippen LogP contribution in [0.15, 0.2) is 36.0 Å². The number of fused-ring (bicyclic) bond motifs is 1. The summed E-state index contributed by atoms with van der Waals surface area (Å²) in [6.45, 7) is 0.224. The van der Waals surface area contributed by atoms with Gasteiger partial charge in [-0.25, -0.2) is 4.98 Å². The van der Waals surface area contributed by atoms with Crippen molar-refractivity contribution >= 4 is 44.9 Å². The highest BCUT2D eigenvalue weighted by molar-refractivity contribution is 7.17. The smallest absolute Gasteiger partial charge is 0.272 e. The molecule has 2 aromatic heterocycles. The second-order valence-corrected chi connectivity index (χ2v) is 5.97. The summed E-state index contributed by atoms with van der Waals surface area (Å²) in [5.74, 6) is -2.17. The molecule has 8 heteroatoms. The molecule has 2 heterocycles. The number of nitrogens with zero attached hydrogens (tertiary/aromatic N) is 2. The van der Waals surface area contributed by atoms with Crippen LogP contribution in [0.5, 0.6) is 0 Å². The Bertz CT molecular complexity index is 910. The zero-order chi connectivity index (χ0) is 16.4. The second kappa shape index (κ2) is 6.31. The Hall–Kier alpha value is -2.51. The summed E-state index contributed by atoms with van der Waals surface area (Å²) in [6.07, 6.45) is 2.44. The van der Waals surface area contributed by atoms with E-state index in [-0.39, 0.29) is 12.2 Å². The molecule has 0 saturated heterocycles. The van der Waals surface area contributed by atoms with E-state index < -0.39 is 17.6 Å². The van der Waals surface area contributed by atoms with Crippen LogP contribution in [0.25, 0.3) is 10.1 Å². The van der Waals surface area contributed by atoms with Gasteiger partial charge in [0.1, 0.15) is 5.69 Å². The molecule has 23 heavy (non-hydrogen) atoms. The number of hydrogen-bond donors (Lipinski definition) is 1. The first-order chi connectivity index (χ1) is 11.1. The van der Waals surface area contributed by atoms with Crippen molar-refractivity contribution in [2.24, 2.45) is 0 Å². The number of halogens is 1. The molecule has 1 amide bonds. The summed E-state index contributed by atoms with van der Waals surface area (Å²) < 4.78 is 1.05. The molecule has 0 spiro atoms. The molecule has 0 aliphatic rings. The van der Waals surface area contributed by atoms with Gasteiger partial charge >= 0.3 is 0 Å². The summed E-state index contributed by atoms with van der Waals surface area (Å²) in [5, 5.41) is 17.1. The maximum absolute atomic E-state index is 12.1. The lowest BCUT2D eigenvalue weighted by atomic mass is 10.2. The molecule has 0 aliphatic heterocycles. The summed E-state index contributed by atoms with van der Waals surface area (Å²) in [4.78, 5) is 30.5. The van der Waals surface area contributed by atoms with Gasteiger partial charge < -0.3 is 15.2 Å². The Labute approximate surface area is 139 Å². The van der Waals surface area contributed by atoms with E-state index in [9.17, 15) is 14.7 Å². The van der Waals surface area contributed by atoms with E-state index in [1.54, 1.807) is 6.07 Å². The highest BCUT2D eigenvalue weighted by atomic mass is 35.5. The van der Waals surface area contributed by atoms with Gasteiger partial charge in [-0.3, -0.25) is 9.78 Å². The van der Waals surface area contributed by atoms with Crippen LogP contribution in [-0.4, -0.2) is 21.8 Å². The van der Waals surface area contributed by atoms with Crippen molar-refractivity contribution in [3.63, 3.8) is 0 Å². The molecule has 0 bridgehead atoms. The number of aromatic nitrogens is 2. The van der Waals surface area contributed by atoms with Gasteiger partial charge in [-0.1, -0.05) is 11.6 Å². The van der Waals surface area contributed by atoms with Crippen LogP contribution in [-0.2, 0) is 6.54 Å². The number of aromatic carboxylic acids is 1. The van der Waals surface area contributed by atoms with Crippen molar-refractivity contribution in [2.75, 3.05) is 0 Å². The van der Waals surface area contributed by atoms with Crippen LogP contribution < -0.4 is 10.4 Å². The quantitative estimate of drug-likeness (QED) is 0.774. The van der Waals surface area contributed by atoms with Crippen molar-refractivity contribution in [2.45, 2.75) is 6.54 Å². The molecule has 6 nitrogen and oxygen atoms in total. The summed E-state index contributed by atoms with van der Waals surface area (Å²) in [5.41, 5.74) is 0.132. The molecule has 0 radical (unpaired) electrons. The van der Waals surface area contributed by atoms with Crippen molar-refractivity contribution in [1.82, 2.24) is 15.3 Å². The van der Waals surface area contributed by atoms with Gasteiger partial charge in [0.25, 0.3) is 5.91 Å². The number of nitrogens with one attached hydrogen (secondary N) is 1. The third-order valence-electron chi connectivity index (χ3n) is 3.16. The molecule has 0 aliphatic carbocycles. The molecule has 1 N–H and O–H groups in total. The van der Waals surface area contributed by atoms with Gasteiger partial charge in [-0.05, 0) is 34.5 Å². The topological polar surface area (TPSA) is 95.0 Å². The van der Waals surface area contributed by atoms with Crippen molar-refractivity contribution < 1.29 is 14.7 Å². The van der Waals surface area contributed by atoms with Crippen LogP contribution >= 0.6 is 22.9 Å². The SMILES string of the molecule is O=C([O-])c1nccnc1C(=O)NCc1csc2ccc(Cl)cc12. The Morgan fingerprint density at radius 3 is 2.70 bits per heavy atom. The van der Waals surface area contributed by atoms with Crippen LogP contribution in [0.2, 0.25) is 5.02 Å². The number of hydrogen-bond acceptors (Lipinski definition) is 6. The molecule has 0 saturated carbocycles. The molecule has 0 fully saturated rings. The minimum Gasteiger partial charge on any atom is -0.543 e. The maximum Gasteiger partial charge on any atom is 0.272 e. The molecule has 3 aromatic rings. The molecule has 116 valence electrons. The van der Waals surface area contributed by atoms with E-state index in [2.05, 4.69) is 15.3 Å². The Morgan fingerprint density at radius 2 is 1.96 bits per heavy atom. The predicted molar refractivity (Wildman–Crippen MR) is 84.4 cm³/mol. The summed E-state index contributed by atoms with van der Waals surface area (Å²) in [7, 11) is 0. The number of carboxylic acids is 1. The third kappa shape index (κ3) is 3.15. The van der Waals surface area contributed by atoms with Crippen LogP contribution in [0.4, 0.5) is 0 Å². The highest BCUT2D eigenvalue weighted by Gasteiger charge is 2.15. The van der Waals surface area contributed by atoms with Gasteiger partial charge in [0.15, 0.2) is 5.69 Å². The fraction of sp³-hybridized carbons (Fsp3) is 0.0667. The molecular weight excluding hydrogens is 338 g/mol. The number of carboxylic acid groups (broad SMARTS) is 1. The highest BCUT2D eigenvalue weighted by Crippen LogP contribution is 2.28. The number of carbonyl (C=O) groups excluding carboxylic acids is 2. The van der Waals surface area contributed by atoms with Crippen LogP contribution in [0.3, 0.4) is 0 Å². The molecule has 1 aromatic carbocycles. The van der Waals surface area contributed by atoms with Crippen LogP contribution in [0, 0.1) is 0 Å². The van der Waals surface area contributed by atoms with Gasteiger partial charge in [-0.15, -0.1) is 11.3 Å². The lowest BCUT2D eigenvalue weighted by molar-refractivity contribution is -0.255. The zero-order valence-corrected chi connectivity index (χ0v) is 13.1.